The number of nitrogens with two attached hydrogens (primary N) is 2. The first kappa shape index (κ1) is 18.5. The van der Waals surface area contributed by atoms with Gasteiger partial charge in [0.05, 0.1) is 17.8 Å². The molecular formula is C19H21BrN6S. The molecule has 4 rings (SSSR count). The number of nitrogens with one attached hydrogen (secondary N) is 1. The average Bonchev–Trinajstić information content (AvgIpc) is 3.18. The van der Waals surface area contributed by atoms with Crippen molar-refractivity contribution < 1.29 is 0 Å². The molecule has 1 aliphatic rings. The Labute approximate surface area is 170 Å². The number of nitrogens with zero attached hydrogens (tertiary/aromatic N) is 3. The summed E-state index contributed by atoms with van der Waals surface area (Å²) in [5, 5.41) is 15.9. The second-order valence-corrected chi connectivity index (χ2v) is 8.72. The molecule has 0 radical (unpaired) electrons. The van der Waals surface area contributed by atoms with Crippen molar-refractivity contribution in [3.8, 4) is 0 Å². The highest BCUT2D eigenvalue weighted by Crippen LogP contribution is 2.29. The number of aromatic amines is 1. The second-order valence-electron chi connectivity index (χ2n) is 6.70. The van der Waals surface area contributed by atoms with Gasteiger partial charge in [0.25, 0.3) is 0 Å². The van der Waals surface area contributed by atoms with E-state index < -0.39 is 0 Å². The van der Waals surface area contributed by atoms with Crippen LogP contribution in [0.1, 0.15) is 16.8 Å². The first-order chi connectivity index (χ1) is 13.0. The SMILES string of the molecule is Cc1n[nH]c2ccc(C3=NN(C[C@H](N)Cc4cccc(Br)c4)C(N)S3)cc12. The first-order valence-corrected chi connectivity index (χ1v) is 10.4. The second kappa shape index (κ2) is 7.63. The lowest BCUT2D eigenvalue weighted by atomic mass is 10.1. The predicted octanol–water partition coefficient (Wildman–Crippen LogP) is 3.16. The van der Waals surface area contributed by atoms with Gasteiger partial charge in [0, 0.05) is 21.5 Å². The number of thioether (sulfide) groups is 1. The summed E-state index contributed by atoms with van der Waals surface area (Å²) in [6, 6.07) is 14.3. The minimum Gasteiger partial charge on any atom is -0.326 e. The molecule has 1 aliphatic heterocycles. The fourth-order valence-electron chi connectivity index (χ4n) is 3.19. The number of hydrazone groups is 1. The Hall–Kier alpha value is -1.87. The number of rotatable bonds is 5. The normalized spacial score (nSPS) is 18.1. The van der Waals surface area contributed by atoms with Gasteiger partial charge in [-0.3, -0.25) is 10.1 Å². The van der Waals surface area contributed by atoms with Crippen molar-refractivity contribution in [2.45, 2.75) is 24.9 Å². The van der Waals surface area contributed by atoms with E-state index in [1.165, 1.54) is 5.56 Å². The zero-order chi connectivity index (χ0) is 19.0. The molecule has 27 heavy (non-hydrogen) atoms. The van der Waals surface area contributed by atoms with E-state index in [0.29, 0.717) is 6.54 Å². The van der Waals surface area contributed by atoms with Crippen molar-refractivity contribution in [2.75, 3.05) is 6.54 Å². The van der Waals surface area contributed by atoms with Crippen LogP contribution in [0.2, 0.25) is 0 Å². The third kappa shape index (κ3) is 4.03. The smallest absolute Gasteiger partial charge is 0.147 e. The number of aryl methyl sites for hydroxylation is 1. The Morgan fingerprint density at radius 2 is 2.15 bits per heavy atom. The fourth-order valence-corrected chi connectivity index (χ4v) is 4.54. The van der Waals surface area contributed by atoms with Crippen LogP contribution in [-0.2, 0) is 6.42 Å². The maximum absolute atomic E-state index is 6.36. The lowest BCUT2D eigenvalue weighted by molar-refractivity contribution is 0.261. The van der Waals surface area contributed by atoms with Crippen LogP contribution < -0.4 is 11.5 Å². The molecule has 0 bridgehead atoms. The van der Waals surface area contributed by atoms with Gasteiger partial charge in [-0.1, -0.05) is 45.9 Å². The molecule has 0 aliphatic carbocycles. The highest BCUT2D eigenvalue weighted by molar-refractivity contribution is 9.10. The van der Waals surface area contributed by atoms with Crippen LogP contribution in [0.25, 0.3) is 10.9 Å². The molecule has 140 valence electrons. The van der Waals surface area contributed by atoms with Crippen LogP contribution in [0, 0.1) is 6.92 Å². The Morgan fingerprint density at radius 1 is 1.30 bits per heavy atom. The molecule has 5 N–H and O–H groups in total. The van der Waals surface area contributed by atoms with E-state index in [9.17, 15) is 0 Å². The number of H-pyrrole nitrogens is 1. The fraction of sp³-hybridized carbons (Fsp3) is 0.263. The molecule has 0 fully saturated rings. The topological polar surface area (TPSA) is 96.3 Å². The minimum atomic E-state index is -0.227. The van der Waals surface area contributed by atoms with Gasteiger partial charge in [-0.2, -0.15) is 10.2 Å². The zero-order valence-corrected chi connectivity index (χ0v) is 17.3. The summed E-state index contributed by atoms with van der Waals surface area (Å²) < 4.78 is 1.06. The molecule has 2 atom stereocenters. The molecule has 1 unspecified atom stereocenters. The van der Waals surface area contributed by atoms with Gasteiger partial charge in [0.1, 0.15) is 10.5 Å². The van der Waals surface area contributed by atoms with Crippen LogP contribution in [0.3, 0.4) is 0 Å². The van der Waals surface area contributed by atoms with Crippen LogP contribution in [0.4, 0.5) is 0 Å². The Balaban J connectivity index is 1.48. The van der Waals surface area contributed by atoms with E-state index in [1.54, 1.807) is 11.8 Å². The lowest BCUT2D eigenvalue weighted by Crippen LogP contribution is -2.42. The molecule has 2 heterocycles. The Bertz CT molecular complexity index is 1000. The maximum atomic E-state index is 6.36. The number of hydrogen-bond acceptors (Lipinski definition) is 6. The van der Waals surface area contributed by atoms with Gasteiger partial charge in [0.2, 0.25) is 0 Å². The zero-order valence-electron chi connectivity index (χ0n) is 14.9. The first-order valence-electron chi connectivity index (χ1n) is 8.72. The molecule has 0 amide bonds. The number of benzene rings is 2. The van der Waals surface area contributed by atoms with E-state index in [1.807, 2.05) is 36.2 Å². The summed E-state index contributed by atoms with van der Waals surface area (Å²) in [7, 11) is 0. The molecule has 2 aromatic carbocycles. The van der Waals surface area contributed by atoms with Gasteiger partial charge >= 0.3 is 0 Å². The third-order valence-corrected chi connectivity index (χ3v) is 6.07. The summed E-state index contributed by atoms with van der Waals surface area (Å²) in [6.07, 6.45) is 0.776. The Kier molecular flexibility index (Phi) is 5.23. The van der Waals surface area contributed by atoms with Crippen molar-refractivity contribution in [3.63, 3.8) is 0 Å². The third-order valence-electron chi connectivity index (χ3n) is 4.55. The molecule has 3 aromatic rings. The summed E-state index contributed by atoms with van der Waals surface area (Å²) in [6.45, 7) is 2.60. The number of fused-ring (bicyclic) bond motifs is 1. The monoisotopic (exact) mass is 444 g/mol. The lowest BCUT2D eigenvalue weighted by Gasteiger charge is -2.22. The summed E-state index contributed by atoms with van der Waals surface area (Å²) in [4.78, 5) is 0. The number of halogens is 1. The van der Waals surface area contributed by atoms with Crippen LogP contribution in [0.5, 0.6) is 0 Å². The predicted molar refractivity (Wildman–Crippen MR) is 115 cm³/mol. The molecule has 0 saturated heterocycles. The minimum absolute atomic E-state index is 0.0485. The largest absolute Gasteiger partial charge is 0.326 e. The van der Waals surface area contributed by atoms with E-state index in [4.69, 9.17) is 16.6 Å². The van der Waals surface area contributed by atoms with Crippen molar-refractivity contribution >= 4 is 43.6 Å². The van der Waals surface area contributed by atoms with Crippen molar-refractivity contribution in [1.29, 1.82) is 0 Å². The average molecular weight is 445 g/mol. The molecule has 0 spiro atoms. The molecule has 0 saturated carbocycles. The maximum Gasteiger partial charge on any atom is 0.147 e. The van der Waals surface area contributed by atoms with Gasteiger partial charge < -0.3 is 11.5 Å². The van der Waals surface area contributed by atoms with Crippen molar-refractivity contribution in [1.82, 2.24) is 15.2 Å². The van der Waals surface area contributed by atoms with Crippen molar-refractivity contribution in [3.05, 3.63) is 63.8 Å². The van der Waals surface area contributed by atoms with E-state index >= 15 is 0 Å². The standard InChI is InChI=1S/C19H21BrN6S/c1-11-16-9-13(5-6-17(16)24-23-11)18-25-26(19(22)27-18)10-15(21)8-12-3-2-4-14(20)7-12/h2-7,9,15,19H,8,10,21-22H2,1H3,(H,23,24)/t15-,19?/m1/s1. The van der Waals surface area contributed by atoms with Crippen LogP contribution in [0.15, 0.2) is 52.0 Å². The van der Waals surface area contributed by atoms with Gasteiger partial charge in [-0.15, -0.1) is 0 Å². The molecule has 8 heteroatoms. The number of aromatic nitrogens is 2. The molecule has 6 nitrogen and oxygen atoms in total. The van der Waals surface area contributed by atoms with Crippen LogP contribution >= 0.6 is 27.7 Å². The summed E-state index contributed by atoms with van der Waals surface area (Å²) in [5.41, 5.74) is 16.7. The van der Waals surface area contributed by atoms with E-state index in [2.05, 4.69) is 44.3 Å². The van der Waals surface area contributed by atoms with Crippen LogP contribution in [-0.4, -0.2) is 38.3 Å². The highest BCUT2D eigenvalue weighted by atomic mass is 79.9. The Morgan fingerprint density at radius 3 is 2.96 bits per heavy atom. The van der Waals surface area contributed by atoms with E-state index in [-0.39, 0.29) is 11.5 Å². The molecule has 1 aromatic heterocycles. The molecular weight excluding hydrogens is 424 g/mol. The van der Waals surface area contributed by atoms with Gasteiger partial charge in [-0.05, 0) is 43.2 Å². The highest BCUT2D eigenvalue weighted by Gasteiger charge is 2.26. The summed E-state index contributed by atoms with van der Waals surface area (Å²) >= 11 is 5.05. The van der Waals surface area contributed by atoms with Gasteiger partial charge in [-0.25, -0.2) is 0 Å². The van der Waals surface area contributed by atoms with E-state index in [0.717, 1.165) is 38.1 Å². The summed E-state index contributed by atoms with van der Waals surface area (Å²) in [5.74, 6) is 0. The van der Waals surface area contributed by atoms with Gasteiger partial charge in [0.15, 0.2) is 0 Å². The van der Waals surface area contributed by atoms with Crippen molar-refractivity contribution in [2.24, 2.45) is 16.6 Å². The quantitative estimate of drug-likeness (QED) is 0.561. The number of hydrogen-bond donors (Lipinski definition) is 3.